The first kappa shape index (κ1) is 19.2. The highest BCUT2D eigenvalue weighted by atomic mass is 16.3. The Labute approximate surface area is 150 Å². The molecule has 1 aliphatic heterocycles. The van der Waals surface area contributed by atoms with Crippen LogP contribution in [0.2, 0.25) is 0 Å². The van der Waals surface area contributed by atoms with Gasteiger partial charge in [-0.3, -0.25) is 9.59 Å². The number of hydrogen-bond acceptors (Lipinski definition) is 3. The van der Waals surface area contributed by atoms with Crippen LogP contribution in [0.5, 0.6) is 0 Å². The first-order valence-electron chi connectivity index (χ1n) is 9.23. The Morgan fingerprint density at radius 3 is 2.32 bits per heavy atom. The predicted molar refractivity (Wildman–Crippen MR) is 99.5 cm³/mol. The minimum absolute atomic E-state index is 0.220. The van der Waals surface area contributed by atoms with Crippen LogP contribution >= 0.6 is 0 Å². The summed E-state index contributed by atoms with van der Waals surface area (Å²) in [6.07, 6.45) is 4.15. The molecule has 2 rings (SSSR count). The summed E-state index contributed by atoms with van der Waals surface area (Å²) >= 11 is 0. The van der Waals surface area contributed by atoms with Crippen molar-refractivity contribution in [2.45, 2.75) is 65.3 Å². The molecule has 0 fully saturated rings. The summed E-state index contributed by atoms with van der Waals surface area (Å²) in [6.45, 7) is 8.36. The van der Waals surface area contributed by atoms with Crippen LogP contribution in [0, 0.1) is 0 Å². The van der Waals surface area contributed by atoms with Crippen LogP contribution in [-0.2, 0) is 9.59 Å². The van der Waals surface area contributed by atoms with Crippen molar-refractivity contribution in [3.05, 3.63) is 46.7 Å². The predicted octanol–water partition coefficient (Wildman–Crippen LogP) is 4.67. The zero-order chi connectivity index (χ0) is 18.6. The average molecular weight is 343 g/mol. The minimum Gasteiger partial charge on any atom is -0.503 e. The van der Waals surface area contributed by atoms with Gasteiger partial charge in [0.15, 0.2) is 11.5 Å². The van der Waals surface area contributed by atoms with Crippen molar-refractivity contribution in [1.29, 1.82) is 0 Å². The number of aliphatic hydroxyl groups is 1. The van der Waals surface area contributed by atoms with E-state index in [0.717, 1.165) is 31.2 Å². The molecule has 1 atom stereocenters. The zero-order valence-electron chi connectivity index (χ0n) is 15.7. The van der Waals surface area contributed by atoms with Crippen LogP contribution in [0.3, 0.4) is 0 Å². The number of aliphatic hydroxyl groups excluding tert-OH is 1. The van der Waals surface area contributed by atoms with Crippen molar-refractivity contribution < 1.29 is 14.7 Å². The van der Waals surface area contributed by atoms with E-state index in [-0.39, 0.29) is 17.1 Å². The maximum absolute atomic E-state index is 12.5. The number of Topliss-reactive ketones (excluding diaryl/α,β-unsaturated/α-hetero) is 1. The number of carbonyl (C=O) groups excluding carboxylic acids is 2. The van der Waals surface area contributed by atoms with Crippen molar-refractivity contribution in [3.63, 3.8) is 0 Å². The molecule has 0 spiro atoms. The molecule has 0 saturated heterocycles. The number of nitrogens with zero attached hydrogens (tertiary/aromatic N) is 1. The molecule has 0 bridgehead atoms. The van der Waals surface area contributed by atoms with E-state index in [1.54, 1.807) is 4.90 Å². The Bertz CT molecular complexity index is 658. The molecular formula is C21H29NO3. The quantitative estimate of drug-likeness (QED) is 0.698. The van der Waals surface area contributed by atoms with Gasteiger partial charge in [-0.1, -0.05) is 64.3 Å². The second-order valence-corrected chi connectivity index (χ2v) is 7.10. The molecule has 4 heteroatoms. The standard InChI is InChI=1S/C21H29NO3/c1-5-6-7-8-13-22-19(18(15(4)23)20(24)21(22)25)17-11-9-16(10-12-17)14(2)3/h9-12,14,19,24H,5-8,13H2,1-4H3/t19-/m1/s1. The van der Waals surface area contributed by atoms with E-state index in [0.29, 0.717) is 12.5 Å². The number of rotatable bonds is 8. The number of amides is 1. The highest BCUT2D eigenvalue weighted by molar-refractivity contribution is 6.08. The molecule has 136 valence electrons. The van der Waals surface area contributed by atoms with Crippen molar-refractivity contribution in [3.8, 4) is 0 Å². The molecule has 0 unspecified atom stereocenters. The number of ketones is 1. The normalized spacial score (nSPS) is 17.7. The molecular weight excluding hydrogens is 314 g/mol. The van der Waals surface area contributed by atoms with Crippen LogP contribution < -0.4 is 0 Å². The topological polar surface area (TPSA) is 57.6 Å². The smallest absolute Gasteiger partial charge is 0.290 e. The lowest BCUT2D eigenvalue weighted by Gasteiger charge is -2.27. The van der Waals surface area contributed by atoms with Gasteiger partial charge in [0.1, 0.15) is 0 Å². The lowest BCUT2D eigenvalue weighted by atomic mass is 9.94. The van der Waals surface area contributed by atoms with Gasteiger partial charge in [-0.25, -0.2) is 0 Å². The minimum atomic E-state index is -0.479. The van der Waals surface area contributed by atoms with Gasteiger partial charge in [-0.05, 0) is 30.4 Å². The molecule has 1 heterocycles. The van der Waals surface area contributed by atoms with E-state index in [9.17, 15) is 14.7 Å². The number of unbranched alkanes of at least 4 members (excludes halogenated alkanes) is 3. The zero-order valence-corrected chi connectivity index (χ0v) is 15.7. The lowest BCUT2D eigenvalue weighted by molar-refractivity contribution is -0.129. The summed E-state index contributed by atoms with van der Waals surface area (Å²) in [5, 5.41) is 10.2. The Kier molecular flexibility index (Phi) is 6.40. The largest absolute Gasteiger partial charge is 0.503 e. The van der Waals surface area contributed by atoms with Crippen molar-refractivity contribution in [1.82, 2.24) is 4.90 Å². The molecule has 25 heavy (non-hydrogen) atoms. The Morgan fingerprint density at radius 2 is 1.80 bits per heavy atom. The molecule has 1 aromatic carbocycles. The average Bonchev–Trinajstić information content (AvgIpc) is 2.83. The second-order valence-electron chi connectivity index (χ2n) is 7.10. The highest BCUT2D eigenvalue weighted by Crippen LogP contribution is 2.38. The molecule has 4 nitrogen and oxygen atoms in total. The van der Waals surface area contributed by atoms with Crippen LogP contribution in [0.4, 0.5) is 0 Å². The van der Waals surface area contributed by atoms with E-state index < -0.39 is 11.9 Å². The first-order chi connectivity index (χ1) is 11.9. The fourth-order valence-corrected chi connectivity index (χ4v) is 3.36. The summed E-state index contributed by atoms with van der Waals surface area (Å²) in [7, 11) is 0. The summed E-state index contributed by atoms with van der Waals surface area (Å²) in [5.74, 6) is -0.652. The highest BCUT2D eigenvalue weighted by Gasteiger charge is 2.41. The fourth-order valence-electron chi connectivity index (χ4n) is 3.36. The van der Waals surface area contributed by atoms with Crippen molar-refractivity contribution in [2.24, 2.45) is 0 Å². The van der Waals surface area contributed by atoms with Gasteiger partial charge in [0.2, 0.25) is 0 Å². The van der Waals surface area contributed by atoms with Crippen LogP contribution in [-0.4, -0.2) is 28.2 Å². The van der Waals surface area contributed by atoms with E-state index in [1.807, 2.05) is 24.3 Å². The SMILES string of the molecule is CCCCCCN1C(=O)C(O)=C(C(C)=O)[C@H]1c1ccc(C(C)C)cc1. The Hall–Kier alpha value is -2.10. The molecule has 1 aromatic rings. The van der Waals surface area contributed by atoms with Gasteiger partial charge in [0.25, 0.3) is 5.91 Å². The first-order valence-corrected chi connectivity index (χ1v) is 9.23. The van der Waals surface area contributed by atoms with Gasteiger partial charge in [-0.15, -0.1) is 0 Å². The maximum Gasteiger partial charge on any atom is 0.290 e. The third kappa shape index (κ3) is 4.12. The summed E-state index contributed by atoms with van der Waals surface area (Å²) in [6, 6.07) is 7.52. The van der Waals surface area contributed by atoms with E-state index in [4.69, 9.17) is 0 Å². The molecule has 0 saturated carbocycles. The number of benzene rings is 1. The summed E-state index contributed by atoms with van der Waals surface area (Å²) in [4.78, 5) is 26.2. The van der Waals surface area contributed by atoms with Gasteiger partial charge in [0.05, 0.1) is 11.6 Å². The summed E-state index contributed by atoms with van der Waals surface area (Å²) in [5.41, 5.74) is 2.31. The van der Waals surface area contributed by atoms with E-state index >= 15 is 0 Å². The van der Waals surface area contributed by atoms with E-state index in [2.05, 4.69) is 20.8 Å². The van der Waals surface area contributed by atoms with Crippen molar-refractivity contribution >= 4 is 11.7 Å². The fraction of sp³-hybridized carbons (Fsp3) is 0.524. The molecule has 1 N–H and O–H groups in total. The van der Waals surface area contributed by atoms with Gasteiger partial charge in [0, 0.05) is 6.54 Å². The van der Waals surface area contributed by atoms with Gasteiger partial charge >= 0.3 is 0 Å². The molecule has 0 radical (unpaired) electrons. The van der Waals surface area contributed by atoms with Gasteiger partial charge in [-0.2, -0.15) is 0 Å². The van der Waals surface area contributed by atoms with Crippen LogP contribution in [0.25, 0.3) is 0 Å². The molecule has 0 aliphatic carbocycles. The van der Waals surface area contributed by atoms with Crippen LogP contribution in [0.15, 0.2) is 35.6 Å². The monoisotopic (exact) mass is 343 g/mol. The molecule has 1 amide bonds. The summed E-state index contributed by atoms with van der Waals surface area (Å²) < 4.78 is 0. The Morgan fingerprint density at radius 1 is 1.16 bits per heavy atom. The van der Waals surface area contributed by atoms with Crippen molar-refractivity contribution in [2.75, 3.05) is 6.54 Å². The second kappa shape index (κ2) is 8.32. The van der Waals surface area contributed by atoms with Crippen LogP contribution in [0.1, 0.15) is 76.5 Å². The third-order valence-electron chi connectivity index (χ3n) is 4.85. The van der Waals surface area contributed by atoms with Gasteiger partial charge < -0.3 is 10.0 Å². The third-order valence-corrected chi connectivity index (χ3v) is 4.85. The number of hydrogen-bond donors (Lipinski definition) is 1. The maximum atomic E-state index is 12.5. The Balaban J connectivity index is 2.32. The van der Waals surface area contributed by atoms with E-state index in [1.165, 1.54) is 12.5 Å². The lowest BCUT2D eigenvalue weighted by Crippen LogP contribution is -2.32. The molecule has 1 aliphatic rings. The molecule has 0 aromatic heterocycles. The number of carbonyl (C=O) groups is 2.